The van der Waals surface area contributed by atoms with Crippen molar-refractivity contribution < 1.29 is 8.42 Å². The summed E-state index contributed by atoms with van der Waals surface area (Å²) < 4.78 is 28.5. The van der Waals surface area contributed by atoms with Gasteiger partial charge in [0, 0.05) is 19.6 Å². The predicted octanol–water partition coefficient (Wildman–Crippen LogP) is 0.702. The van der Waals surface area contributed by atoms with Gasteiger partial charge in [0.05, 0.1) is 6.20 Å². The summed E-state index contributed by atoms with van der Waals surface area (Å²) in [5.41, 5.74) is 5.53. The number of hydrogen-bond acceptors (Lipinski definition) is 4. The van der Waals surface area contributed by atoms with Crippen molar-refractivity contribution in [1.82, 2.24) is 14.1 Å². The topological polar surface area (TPSA) is 81.2 Å². The van der Waals surface area contributed by atoms with Gasteiger partial charge in [0.1, 0.15) is 0 Å². The van der Waals surface area contributed by atoms with E-state index in [0.717, 1.165) is 25.7 Å². The molecule has 108 valence electrons. The monoisotopic (exact) mass is 286 g/mol. The average Bonchev–Trinajstić information content (AvgIpc) is 3.00. The van der Waals surface area contributed by atoms with Gasteiger partial charge in [-0.1, -0.05) is 12.8 Å². The summed E-state index contributed by atoms with van der Waals surface area (Å²) in [6.07, 6.45) is 6.30. The third-order valence-corrected chi connectivity index (χ3v) is 5.69. The highest BCUT2D eigenvalue weighted by atomic mass is 32.2. The molecule has 0 aromatic carbocycles. The average molecular weight is 286 g/mol. The summed E-state index contributed by atoms with van der Waals surface area (Å²) in [4.78, 5) is 0. The van der Waals surface area contributed by atoms with E-state index >= 15 is 0 Å². The first kappa shape index (κ1) is 14.5. The predicted molar refractivity (Wildman–Crippen MR) is 73.0 cm³/mol. The lowest BCUT2D eigenvalue weighted by atomic mass is 10.2. The molecule has 1 heterocycles. The normalized spacial score (nSPS) is 17.4. The Hall–Kier alpha value is -0.920. The highest BCUT2D eigenvalue weighted by Gasteiger charge is 2.34. The quantitative estimate of drug-likeness (QED) is 0.834. The van der Waals surface area contributed by atoms with E-state index in [-0.39, 0.29) is 11.1 Å². The summed E-state index contributed by atoms with van der Waals surface area (Å²) >= 11 is 0. The van der Waals surface area contributed by atoms with Crippen molar-refractivity contribution in [3.05, 3.63) is 12.3 Å². The maximum atomic E-state index is 12.7. The second kappa shape index (κ2) is 6.02. The van der Waals surface area contributed by atoms with Crippen molar-refractivity contribution in [3.63, 3.8) is 0 Å². The zero-order valence-electron chi connectivity index (χ0n) is 11.3. The molecular weight excluding hydrogens is 264 g/mol. The Bertz CT molecular complexity index is 506. The van der Waals surface area contributed by atoms with E-state index in [1.165, 1.54) is 10.9 Å². The van der Waals surface area contributed by atoms with Gasteiger partial charge in [0.2, 0.25) is 0 Å². The lowest BCUT2D eigenvalue weighted by Gasteiger charge is -2.27. The first-order chi connectivity index (χ1) is 9.07. The number of rotatable bonds is 6. The molecule has 1 saturated carbocycles. The molecule has 1 aliphatic carbocycles. The van der Waals surface area contributed by atoms with Crippen LogP contribution in [0.15, 0.2) is 17.3 Å². The first-order valence-corrected chi connectivity index (χ1v) is 8.21. The van der Waals surface area contributed by atoms with Crippen LogP contribution in [0.5, 0.6) is 0 Å². The standard InChI is InChI=1S/C12H22N4O2S/c1-15-12(7-9-14-15)19(17,18)16(10-4-8-13)11-5-2-3-6-11/h7,9,11H,2-6,8,10,13H2,1H3. The van der Waals surface area contributed by atoms with Crippen molar-refractivity contribution in [2.75, 3.05) is 13.1 Å². The zero-order valence-corrected chi connectivity index (χ0v) is 12.1. The van der Waals surface area contributed by atoms with Crippen molar-refractivity contribution >= 4 is 10.0 Å². The van der Waals surface area contributed by atoms with Gasteiger partial charge in [-0.2, -0.15) is 9.40 Å². The second-order valence-corrected chi connectivity index (χ2v) is 6.83. The summed E-state index contributed by atoms with van der Waals surface area (Å²) in [5, 5.41) is 4.22. The molecule has 0 atom stereocenters. The number of nitrogens with two attached hydrogens (primary N) is 1. The van der Waals surface area contributed by atoms with E-state index in [4.69, 9.17) is 5.73 Å². The van der Waals surface area contributed by atoms with Crippen molar-refractivity contribution in [3.8, 4) is 0 Å². The van der Waals surface area contributed by atoms with E-state index in [1.54, 1.807) is 17.4 Å². The molecule has 0 radical (unpaired) electrons. The molecule has 0 saturated heterocycles. The molecule has 19 heavy (non-hydrogen) atoms. The number of aryl methyl sites for hydroxylation is 1. The van der Waals surface area contributed by atoms with E-state index in [2.05, 4.69) is 5.10 Å². The van der Waals surface area contributed by atoms with Gasteiger partial charge in [-0.05, 0) is 31.9 Å². The minimum atomic E-state index is -3.47. The maximum absolute atomic E-state index is 12.7. The van der Waals surface area contributed by atoms with Crippen LogP contribution in [0.25, 0.3) is 0 Å². The highest BCUT2D eigenvalue weighted by molar-refractivity contribution is 7.89. The highest BCUT2D eigenvalue weighted by Crippen LogP contribution is 2.28. The summed E-state index contributed by atoms with van der Waals surface area (Å²) in [7, 11) is -1.81. The summed E-state index contributed by atoms with van der Waals surface area (Å²) in [6, 6.07) is 1.67. The largest absolute Gasteiger partial charge is 0.330 e. The molecule has 0 spiro atoms. The minimum absolute atomic E-state index is 0.117. The molecule has 0 amide bonds. The van der Waals surface area contributed by atoms with Gasteiger partial charge in [-0.15, -0.1) is 0 Å². The van der Waals surface area contributed by atoms with Gasteiger partial charge in [-0.25, -0.2) is 8.42 Å². The fourth-order valence-electron chi connectivity index (χ4n) is 2.67. The molecule has 0 unspecified atom stereocenters. The van der Waals surface area contributed by atoms with Gasteiger partial charge in [0.15, 0.2) is 5.03 Å². The number of sulfonamides is 1. The number of nitrogens with zero attached hydrogens (tertiary/aromatic N) is 3. The lowest BCUT2D eigenvalue weighted by molar-refractivity contribution is 0.317. The maximum Gasteiger partial charge on any atom is 0.260 e. The Kier molecular flexibility index (Phi) is 4.59. The van der Waals surface area contributed by atoms with Crippen molar-refractivity contribution in [2.45, 2.75) is 43.2 Å². The number of aromatic nitrogens is 2. The SMILES string of the molecule is Cn1nccc1S(=O)(=O)N(CCCN)C1CCCC1. The molecular formula is C12H22N4O2S. The fourth-order valence-corrected chi connectivity index (χ4v) is 4.50. The van der Waals surface area contributed by atoms with Crippen LogP contribution in [-0.4, -0.2) is 41.6 Å². The summed E-state index contributed by atoms with van der Waals surface area (Å²) in [6.45, 7) is 0.999. The van der Waals surface area contributed by atoms with E-state index in [0.29, 0.717) is 19.5 Å². The smallest absolute Gasteiger partial charge is 0.260 e. The minimum Gasteiger partial charge on any atom is -0.330 e. The van der Waals surface area contributed by atoms with Crippen LogP contribution in [-0.2, 0) is 17.1 Å². The van der Waals surface area contributed by atoms with E-state index in [9.17, 15) is 8.42 Å². The van der Waals surface area contributed by atoms with Crippen LogP contribution in [0.3, 0.4) is 0 Å². The molecule has 1 aromatic heterocycles. The third-order valence-electron chi connectivity index (χ3n) is 3.66. The van der Waals surface area contributed by atoms with Crippen LogP contribution < -0.4 is 5.73 Å². The van der Waals surface area contributed by atoms with Gasteiger partial charge in [-0.3, -0.25) is 4.68 Å². The Labute approximate surface area is 114 Å². The van der Waals surface area contributed by atoms with E-state index < -0.39 is 10.0 Å². The Morgan fingerprint density at radius 3 is 2.68 bits per heavy atom. The van der Waals surface area contributed by atoms with Gasteiger partial charge < -0.3 is 5.73 Å². The molecule has 0 aliphatic heterocycles. The Morgan fingerprint density at radius 1 is 1.47 bits per heavy atom. The Balaban J connectivity index is 2.28. The molecule has 1 fully saturated rings. The molecule has 0 bridgehead atoms. The molecule has 6 nitrogen and oxygen atoms in total. The molecule has 1 aromatic rings. The first-order valence-electron chi connectivity index (χ1n) is 6.77. The van der Waals surface area contributed by atoms with Crippen LogP contribution in [0.2, 0.25) is 0 Å². The molecule has 7 heteroatoms. The second-order valence-electron chi connectivity index (χ2n) is 4.99. The Morgan fingerprint density at radius 2 is 2.16 bits per heavy atom. The van der Waals surface area contributed by atoms with Gasteiger partial charge >= 0.3 is 0 Å². The fraction of sp³-hybridized carbons (Fsp3) is 0.750. The summed E-state index contributed by atoms with van der Waals surface area (Å²) in [5.74, 6) is 0. The van der Waals surface area contributed by atoms with Crippen molar-refractivity contribution in [2.24, 2.45) is 12.8 Å². The van der Waals surface area contributed by atoms with Crippen LogP contribution >= 0.6 is 0 Å². The van der Waals surface area contributed by atoms with E-state index in [1.807, 2.05) is 0 Å². The number of hydrogen-bond donors (Lipinski definition) is 1. The molecule has 1 aliphatic rings. The van der Waals surface area contributed by atoms with Crippen LogP contribution in [0, 0.1) is 0 Å². The van der Waals surface area contributed by atoms with Crippen LogP contribution in [0.4, 0.5) is 0 Å². The molecule has 2 rings (SSSR count). The van der Waals surface area contributed by atoms with Gasteiger partial charge in [0.25, 0.3) is 10.0 Å². The van der Waals surface area contributed by atoms with Crippen LogP contribution in [0.1, 0.15) is 32.1 Å². The lowest BCUT2D eigenvalue weighted by Crippen LogP contribution is -2.40. The van der Waals surface area contributed by atoms with Crippen molar-refractivity contribution in [1.29, 1.82) is 0 Å². The zero-order chi connectivity index (χ0) is 13.9. The third kappa shape index (κ3) is 2.98. The molecule has 2 N–H and O–H groups in total.